The van der Waals surface area contributed by atoms with Gasteiger partial charge < -0.3 is 20.8 Å². The van der Waals surface area contributed by atoms with Crippen molar-refractivity contribution < 1.29 is 10.2 Å². The van der Waals surface area contributed by atoms with Gasteiger partial charge >= 0.3 is 0 Å². The molecule has 0 radical (unpaired) electrons. The molecular formula is C19H23BrN6O2. The number of hydrogen-bond acceptors (Lipinski definition) is 8. The highest BCUT2D eigenvalue weighted by atomic mass is 79.9. The number of nitrogens with zero attached hydrogens (tertiary/aromatic N) is 4. The normalized spacial score (nSPS) is 11.1. The second-order valence-electron chi connectivity index (χ2n) is 6.12. The second kappa shape index (κ2) is 10.3. The van der Waals surface area contributed by atoms with E-state index in [0.717, 1.165) is 26.8 Å². The number of nitrogens with one attached hydrogen (secondary N) is 2. The molecule has 0 bridgehead atoms. The van der Waals surface area contributed by atoms with Crippen molar-refractivity contribution in [1.29, 1.82) is 0 Å². The van der Waals surface area contributed by atoms with Crippen LogP contribution in [0.3, 0.4) is 0 Å². The molecule has 2 aromatic heterocycles. The van der Waals surface area contributed by atoms with E-state index >= 15 is 0 Å². The van der Waals surface area contributed by atoms with Crippen LogP contribution in [0.4, 0.5) is 17.2 Å². The number of halogens is 1. The number of pyridine rings is 1. The van der Waals surface area contributed by atoms with Crippen LogP contribution in [0, 0.1) is 0 Å². The van der Waals surface area contributed by atoms with Crippen LogP contribution in [-0.4, -0.2) is 69.5 Å². The van der Waals surface area contributed by atoms with Crippen molar-refractivity contribution in [3.8, 4) is 0 Å². The van der Waals surface area contributed by atoms with Crippen molar-refractivity contribution in [3.63, 3.8) is 0 Å². The first-order chi connectivity index (χ1) is 13.7. The van der Waals surface area contributed by atoms with Gasteiger partial charge in [-0.3, -0.25) is 9.88 Å². The summed E-state index contributed by atoms with van der Waals surface area (Å²) in [5.41, 5.74) is 2.60. The molecule has 9 heteroatoms. The molecule has 148 valence electrons. The first kappa shape index (κ1) is 20.4. The zero-order chi connectivity index (χ0) is 19.8. The molecule has 0 saturated heterocycles. The highest BCUT2D eigenvalue weighted by Crippen LogP contribution is 2.33. The largest absolute Gasteiger partial charge is 0.395 e. The van der Waals surface area contributed by atoms with E-state index in [0.29, 0.717) is 32.0 Å². The topological polar surface area (TPSA) is 106 Å². The van der Waals surface area contributed by atoms with Gasteiger partial charge in [-0.1, -0.05) is 6.07 Å². The molecule has 0 aliphatic heterocycles. The SMILES string of the molecule is OCCN(CCO)CCNc1c(Br)cccc1Nc1ncnc2ccncc12. The van der Waals surface area contributed by atoms with E-state index in [4.69, 9.17) is 10.2 Å². The lowest BCUT2D eigenvalue weighted by Gasteiger charge is -2.22. The highest BCUT2D eigenvalue weighted by molar-refractivity contribution is 9.10. The molecule has 0 saturated carbocycles. The van der Waals surface area contributed by atoms with Gasteiger partial charge in [0.1, 0.15) is 12.1 Å². The third kappa shape index (κ3) is 5.14. The minimum Gasteiger partial charge on any atom is -0.395 e. The second-order valence-corrected chi connectivity index (χ2v) is 6.97. The summed E-state index contributed by atoms with van der Waals surface area (Å²) in [6.45, 7) is 2.55. The van der Waals surface area contributed by atoms with E-state index in [1.165, 1.54) is 6.33 Å². The van der Waals surface area contributed by atoms with Crippen molar-refractivity contribution in [2.24, 2.45) is 0 Å². The molecule has 2 heterocycles. The number of hydrogen-bond donors (Lipinski definition) is 4. The molecule has 3 rings (SSSR count). The van der Waals surface area contributed by atoms with Crippen LogP contribution < -0.4 is 10.6 Å². The first-order valence-corrected chi connectivity index (χ1v) is 9.80. The fourth-order valence-electron chi connectivity index (χ4n) is 2.89. The Morgan fingerprint density at radius 2 is 1.86 bits per heavy atom. The van der Waals surface area contributed by atoms with E-state index in [-0.39, 0.29) is 13.2 Å². The molecule has 28 heavy (non-hydrogen) atoms. The number of benzene rings is 1. The fraction of sp³-hybridized carbons (Fsp3) is 0.316. The van der Waals surface area contributed by atoms with Gasteiger partial charge in [-0.2, -0.15) is 0 Å². The summed E-state index contributed by atoms with van der Waals surface area (Å²) in [4.78, 5) is 14.8. The number of aromatic nitrogens is 3. The maximum atomic E-state index is 9.14. The molecule has 0 aliphatic rings. The quantitative estimate of drug-likeness (QED) is 0.375. The molecule has 0 fully saturated rings. The van der Waals surface area contributed by atoms with Crippen molar-refractivity contribution in [3.05, 3.63) is 47.5 Å². The van der Waals surface area contributed by atoms with Gasteiger partial charge in [0.15, 0.2) is 0 Å². The number of rotatable bonds is 10. The Balaban J connectivity index is 1.76. The Morgan fingerprint density at radius 1 is 1.04 bits per heavy atom. The standard InChI is InChI=1S/C19H23BrN6O2/c20-15-2-1-3-17(18(15)22-6-7-26(8-10-27)9-11-28)25-19-14-12-21-5-4-16(14)23-13-24-19/h1-5,12-13,22,27-28H,6-11H2,(H,23,24,25). The Labute approximate surface area is 171 Å². The Kier molecular flexibility index (Phi) is 7.49. The smallest absolute Gasteiger partial charge is 0.143 e. The Morgan fingerprint density at radius 3 is 2.64 bits per heavy atom. The monoisotopic (exact) mass is 446 g/mol. The zero-order valence-electron chi connectivity index (χ0n) is 15.3. The predicted molar refractivity (Wildman–Crippen MR) is 114 cm³/mol. The third-order valence-electron chi connectivity index (χ3n) is 4.27. The van der Waals surface area contributed by atoms with Gasteiger partial charge in [0.2, 0.25) is 0 Å². The molecule has 8 nitrogen and oxygen atoms in total. The van der Waals surface area contributed by atoms with E-state index in [1.54, 1.807) is 12.4 Å². The van der Waals surface area contributed by atoms with Crippen LogP contribution in [0.2, 0.25) is 0 Å². The first-order valence-electron chi connectivity index (χ1n) is 9.01. The summed E-state index contributed by atoms with van der Waals surface area (Å²) in [5.74, 6) is 0.682. The number of aliphatic hydroxyl groups excluding tert-OH is 2. The number of fused-ring (bicyclic) bond motifs is 1. The molecule has 0 atom stereocenters. The van der Waals surface area contributed by atoms with Crippen LogP contribution in [0.1, 0.15) is 0 Å². The number of para-hydroxylation sites is 1. The van der Waals surface area contributed by atoms with E-state index < -0.39 is 0 Å². The molecule has 0 amide bonds. The average Bonchev–Trinajstić information content (AvgIpc) is 2.70. The summed E-state index contributed by atoms with van der Waals surface area (Å²) < 4.78 is 0.921. The lowest BCUT2D eigenvalue weighted by molar-refractivity contribution is 0.165. The van der Waals surface area contributed by atoms with E-state index in [2.05, 4.69) is 41.5 Å². The summed E-state index contributed by atoms with van der Waals surface area (Å²) in [7, 11) is 0. The average molecular weight is 447 g/mol. The molecule has 0 unspecified atom stereocenters. The third-order valence-corrected chi connectivity index (χ3v) is 4.93. The maximum Gasteiger partial charge on any atom is 0.143 e. The fourth-order valence-corrected chi connectivity index (χ4v) is 3.40. The minimum absolute atomic E-state index is 0.0661. The summed E-state index contributed by atoms with van der Waals surface area (Å²) in [5, 5.41) is 25.9. The van der Waals surface area contributed by atoms with Crippen molar-refractivity contribution in [2.75, 3.05) is 50.0 Å². The minimum atomic E-state index is 0.0661. The molecule has 0 aliphatic carbocycles. The van der Waals surface area contributed by atoms with Gasteiger partial charge in [-0.05, 0) is 34.1 Å². The zero-order valence-corrected chi connectivity index (χ0v) is 16.9. The maximum absolute atomic E-state index is 9.14. The molecule has 3 aromatic rings. The number of anilines is 3. The number of aliphatic hydroxyl groups is 2. The Bertz CT molecular complexity index is 899. The van der Waals surface area contributed by atoms with Gasteiger partial charge in [0.05, 0.1) is 35.5 Å². The van der Waals surface area contributed by atoms with Gasteiger partial charge in [-0.25, -0.2) is 9.97 Å². The summed E-state index contributed by atoms with van der Waals surface area (Å²) in [6.07, 6.45) is 4.97. The molecule has 1 aromatic carbocycles. The van der Waals surface area contributed by atoms with Crippen LogP contribution >= 0.6 is 15.9 Å². The molecular weight excluding hydrogens is 424 g/mol. The molecule has 4 N–H and O–H groups in total. The van der Waals surface area contributed by atoms with Gasteiger partial charge in [0.25, 0.3) is 0 Å². The highest BCUT2D eigenvalue weighted by Gasteiger charge is 2.11. The van der Waals surface area contributed by atoms with Crippen LogP contribution in [0.25, 0.3) is 10.9 Å². The summed E-state index contributed by atoms with van der Waals surface area (Å²) in [6, 6.07) is 7.73. The van der Waals surface area contributed by atoms with Crippen LogP contribution in [0.5, 0.6) is 0 Å². The van der Waals surface area contributed by atoms with E-state index in [1.807, 2.05) is 29.2 Å². The van der Waals surface area contributed by atoms with Crippen molar-refractivity contribution >= 4 is 44.0 Å². The van der Waals surface area contributed by atoms with Crippen LogP contribution in [0.15, 0.2) is 47.5 Å². The van der Waals surface area contributed by atoms with Crippen molar-refractivity contribution in [1.82, 2.24) is 19.9 Å². The van der Waals surface area contributed by atoms with Gasteiger partial charge in [-0.15, -0.1) is 0 Å². The lowest BCUT2D eigenvalue weighted by Crippen LogP contribution is -2.34. The Hall–Kier alpha value is -2.33. The summed E-state index contributed by atoms with van der Waals surface area (Å²) >= 11 is 3.60. The van der Waals surface area contributed by atoms with Crippen molar-refractivity contribution in [2.45, 2.75) is 0 Å². The van der Waals surface area contributed by atoms with Crippen LogP contribution in [-0.2, 0) is 0 Å². The van der Waals surface area contributed by atoms with Gasteiger partial charge in [0, 0.05) is 43.0 Å². The molecule has 0 spiro atoms. The predicted octanol–water partition coefficient (Wildman–Crippen LogP) is 2.23. The lowest BCUT2D eigenvalue weighted by atomic mass is 10.2. The van der Waals surface area contributed by atoms with E-state index in [9.17, 15) is 0 Å².